The lowest BCUT2D eigenvalue weighted by Crippen LogP contribution is -2.42. The number of aryl methyl sites for hydroxylation is 2. The molecule has 142 valence electrons. The van der Waals surface area contributed by atoms with Crippen LogP contribution in [-0.2, 0) is 9.59 Å². The van der Waals surface area contributed by atoms with Crippen LogP contribution in [0.1, 0.15) is 23.6 Å². The monoisotopic (exact) mass is 392 g/mol. The van der Waals surface area contributed by atoms with Crippen LogP contribution in [0.15, 0.2) is 52.4 Å². The summed E-state index contributed by atoms with van der Waals surface area (Å²) in [6, 6.07) is 13.1. The van der Waals surface area contributed by atoms with Gasteiger partial charge in [0.15, 0.2) is 5.17 Å². The van der Waals surface area contributed by atoms with Gasteiger partial charge in [0.2, 0.25) is 5.91 Å². The number of anilines is 1. The summed E-state index contributed by atoms with van der Waals surface area (Å²) in [5, 5.41) is 3.56. The van der Waals surface area contributed by atoms with Crippen molar-refractivity contribution in [3.63, 3.8) is 0 Å². The van der Waals surface area contributed by atoms with Crippen molar-refractivity contribution < 1.29 is 9.59 Å². The number of nitrogens with zero attached hydrogens (tertiary/aromatic N) is 3. The van der Waals surface area contributed by atoms with E-state index in [-0.39, 0.29) is 17.6 Å². The van der Waals surface area contributed by atoms with Crippen LogP contribution >= 0.6 is 11.8 Å². The highest BCUT2D eigenvalue weighted by Gasteiger charge is 2.39. The summed E-state index contributed by atoms with van der Waals surface area (Å²) in [4.78, 5) is 35.3. The Hall–Kier alpha value is -2.93. The summed E-state index contributed by atoms with van der Waals surface area (Å²) in [6.45, 7) is 5.79. The molecule has 2 aromatic carbocycles. The highest BCUT2D eigenvalue weighted by molar-refractivity contribution is 8.14. The first kappa shape index (κ1) is 18.4. The number of amides is 2. The molecule has 1 atom stereocenters. The molecular weight excluding hydrogens is 372 g/mol. The van der Waals surface area contributed by atoms with E-state index in [0.29, 0.717) is 11.0 Å². The first-order chi connectivity index (χ1) is 13.4. The third kappa shape index (κ3) is 3.33. The molecule has 2 aliphatic rings. The molecular formula is C21H20N4O2S. The number of amidine groups is 2. The number of rotatable bonds is 3. The van der Waals surface area contributed by atoms with Crippen molar-refractivity contribution in [1.29, 1.82) is 0 Å². The molecule has 6 nitrogen and oxygen atoms in total. The molecule has 2 heterocycles. The van der Waals surface area contributed by atoms with E-state index < -0.39 is 6.04 Å². The molecule has 7 heteroatoms. The minimum Gasteiger partial charge on any atom is -0.325 e. The van der Waals surface area contributed by atoms with Crippen LogP contribution in [0.3, 0.4) is 0 Å². The predicted octanol–water partition coefficient (Wildman–Crippen LogP) is 3.65. The summed E-state index contributed by atoms with van der Waals surface area (Å²) >= 11 is 1.31. The molecule has 0 fully saturated rings. The summed E-state index contributed by atoms with van der Waals surface area (Å²) < 4.78 is 0. The zero-order valence-corrected chi connectivity index (χ0v) is 16.7. The number of para-hydroxylation sites is 1. The van der Waals surface area contributed by atoms with Gasteiger partial charge in [-0.25, -0.2) is 4.99 Å². The quantitative estimate of drug-likeness (QED) is 0.865. The summed E-state index contributed by atoms with van der Waals surface area (Å²) in [5.41, 5.74) is 4.58. The highest BCUT2D eigenvalue weighted by atomic mass is 32.2. The van der Waals surface area contributed by atoms with Crippen molar-refractivity contribution >= 4 is 46.0 Å². The van der Waals surface area contributed by atoms with Gasteiger partial charge in [0, 0.05) is 11.3 Å². The molecule has 0 saturated heterocycles. The number of hydrogen-bond acceptors (Lipinski definition) is 5. The maximum absolute atomic E-state index is 12.5. The second-order valence-electron chi connectivity index (χ2n) is 6.89. The predicted molar refractivity (Wildman–Crippen MR) is 113 cm³/mol. The van der Waals surface area contributed by atoms with Gasteiger partial charge in [-0.1, -0.05) is 41.6 Å². The van der Waals surface area contributed by atoms with E-state index in [4.69, 9.17) is 0 Å². The average molecular weight is 392 g/mol. The van der Waals surface area contributed by atoms with E-state index in [1.807, 2.05) is 61.2 Å². The van der Waals surface area contributed by atoms with Gasteiger partial charge in [0.25, 0.3) is 5.91 Å². The average Bonchev–Trinajstić information content (AvgIpc) is 2.97. The van der Waals surface area contributed by atoms with Crippen LogP contribution in [0, 0.1) is 13.8 Å². The molecule has 2 amide bonds. The van der Waals surface area contributed by atoms with Gasteiger partial charge in [-0.15, -0.1) is 0 Å². The van der Waals surface area contributed by atoms with Crippen molar-refractivity contribution in [2.45, 2.75) is 26.8 Å². The van der Waals surface area contributed by atoms with Gasteiger partial charge in [0.1, 0.15) is 11.9 Å². The largest absolute Gasteiger partial charge is 0.325 e. The summed E-state index contributed by atoms with van der Waals surface area (Å²) in [7, 11) is 0. The van der Waals surface area contributed by atoms with Gasteiger partial charge < -0.3 is 5.32 Å². The van der Waals surface area contributed by atoms with Crippen molar-refractivity contribution in [3.8, 4) is 0 Å². The number of carbonyl (C=O) groups excluding carboxylic acids is 2. The van der Waals surface area contributed by atoms with Gasteiger partial charge in [-0.05, 0) is 44.5 Å². The number of nitrogens with one attached hydrogen (secondary N) is 1. The molecule has 0 aromatic heterocycles. The minimum atomic E-state index is -0.419. The third-order valence-corrected chi connectivity index (χ3v) is 5.70. The first-order valence-electron chi connectivity index (χ1n) is 9.04. The van der Waals surface area contributed by atoms with E-state index in [1.54, 1.807) is 6.92 Å². The first-order valence-corrected chi connectivity index (χ1v) is 10.0. The summed E-state index contributed by atoms with van der Waals surface area (Å²) in [5.74, 6) is 0.495. The molecule has 28 heavy (non-hydrogen) atoms. The number of carbonyl (C=O) groups is 2. The SMILES string of the molecule is Cc1ccc(NC(=O)CSC2=Nc3ccccc3C3=NC(=O)C(C)N23)c(C)c1. The zero-order chi connectivity index (χ0) is 19.8. The minimum absolute atomic E-state index is 0.116. The van der Waals surface area contributed by atoms with Crippen LogP contribution in [0.25, 0.3) is 0 Å². The molecule has 1 unspecified atom stereocenters. The lowest BCUT2D eigenvalue weighted by molar-refractivity contribution is -0.119. The smallest absolute Gasteiger partial charge is 0.270 e. The normalized spacial score (nSPS) is 17.6. The Morgan fingerprint density at radius 3 is 2.75 bits per heavy atom. The van der Waals surface area contributed by atoms with Crippen molar-refractivity contribution in [2.75, 3.05) is 11.1 Å². The Morgan fingerprint density at radius 2 is 1.96 bits per heavy atom. The van der Waals surface area contributed by atoms with E-state index in [2.05, 4.69) is 15.3 Å². The standard InChI is InChI=1S/C21H20N4O2S/c1-12-8-9-16(13(2)10-12)22-18(26)11-28-21-23-17-7-5-4-6-15(17)19-24-20(27)14(3)25(19)21/h4-10,14H,11H2,1-3H3,(H,22,26). The Bertz CT molecular complexity index is 1040. The fourth-order valence-corrected chi connectivity index (χ4v) is 4.16. The van der Waals surface area contributed by atoms with Crippen molar-refractivity contribution in [2.24, 2.45) is 9.98 Å². The molecule has 4 rings (SSSR count). The van der Waals surface area contributed by atoms with Crippen LogP contribution in [0.5, 0.6) is 0 Å². The molecule has 2 aromatic rings. The van der Waals surface area contributed by atoms with E-state index in [0.717, 1.165) is 28.1 Å². The fourth-order valence-electron chi connectivity index (χ4n) is 3.28. The van der Waals surface area contributed by atoms with Gasteiger partial charge in [0.05, 0.1) is 11.4 Å². The fraction of sp³-hybridized carbons (Fsp3) is 0.238. The van der Waals surface area contributed by atoms with Crippen LogP contribution in [0.2, 0.25) is 0 Å². The van der Waals surface area contributed by atoms with Gasteiger partial charge in [-0.2, -0.15) is 4.99 Å². The molecule has 2 aliphatic heterocycles. The molecule has 1 N–H and O–H groups in total. The van der Waals surface area contributed by atoms with Crippen molar-refractivity contribution in [1.82, 2.24) is 4.90 Å². The van der Waals surface area contributed by atoms with E-state index in [1.165, 1.54) is 11.8 Å². The van der Waals surface area contributed by atoms with Gasteiger partial charge in [-0.3, -0.25) is 14.5 Å². The third-order valence-electron chi connectivity index (χ3n) is 4.74. The van der Waals surface area contributed by atoms with E-state index in [9.17, 15) is 9.59 Å². The van der Waals surface area contributed by atoms with E-state index >= 15 is 0 Å². The number of hydrogen-bond donors (Lipinski definition) is 1. The van der Waals surface area contributed by atoms with Crippen molar-refractivity contribution in [3.05, 3.63) is 59.2 Å². The maximum atomic E-state index is 12.5. The highest BCUT2D eigenvalue weighted by Crippen LogP contribution is 2.33. The summed E-state index contributed by atoms with van der Waals surface area (Å²) in [6.07, 6.45) is 0. The number of fused-ring (bicyclic) bond motifs is 3. The lowest BCUT2D eigenvalue weighted by atomic mass is 10.1. The number of thioether (sulfide) groups is 1. The topological polar surface area (TPSA) is 74.1 Å². The molecule has 0 saturated carbocycles. The Morgan fingerprint density at radius 1 is 1.18 bits per heavy atom. The maximum Gasteiger partial charge on any atom is 0.270 e. The Labute approximate surface area is 167 Å². The lowest BCUT2D eigenvalue weighted by Gasteiger charge is -2.29. The van der Waals surface area contributed by atoms with Gasteiger partial charge >= 0.3 is 0 Å². The number of benzene rings is 2. The second-order valence-corrected chi connectivity index (χ2v) is 7.83. The molecule has 0 aliphatic carbocycles. The Kier molecular flexibility index (Phi) is 4.77. The molecule has 0 bridgehead atoms. The number of aliphatic imine (C=N–C) groups is 2. The molecule has 0 spiro atoms. The second kappa shape index (κ2) is 7.24. The van der Waals surface area contributed by atoms with Crippen LogP contribution in [0.4, 0.5) is 11.4 Å². The zero-order valence-electron chi connectivity index (χ0n) is 15.9. The van der Waals surface area contributed by atoms with Crippen LogP contribution in [-0.4, -0.2) is 39.5 Å². The Balaban J connectivity index is 1.53. The molecule has 0 radical (unpaired) electrons. The van der Waals surface area contributed by atoms with Crippen LogP contribution < -0.4 is 5.32 Å².